The average Bonchev–Trinajstić information content (AvgIpc) is 3.74. The average molecular weight is 690 g/mol. The van der Waals surface area contributed by atoms with Gasteiger partial charge in [-0.2, -0.15) is 10.2 Å². The third kappa shape index (κ3) is 7.74. The summed E-state index contributed by atoms with van der Waals surface area (Å²) in [5.41, 5.74) is 2.42. The Kier molecular flexibility index (Phi) is 9.81. The van der Waals surface area contributed by atoms with E-state index in [0.717, 1.165) is 23.9 Å². The lowest BCUT2D eigenvalue weighted by Gasteiger charge is -2.33. The molecule has 13 nitrogen and oxygen atoms in total. The zero-order valence-electron chi connectivity index (χ0n) is 29.2. The van der Waals surface area contributed by atoms with Crippen LogP contribution in [0.5, 0.6) is 0 Å². The molecule has 0 radical (unpaired) electrons. The van der Waals surface area contributed by atoms with Crippen molar-refractivity contribution in [1.29, 1.82) is 0 Å². The summed E-state index contributed by atoms with van der Waals surface area (Å²) in [5, 5.41) is 13.5. The van der Waals surface area contributed by atoms with Gasteiger partial charge in [0.15, 0.2) is 0 Å². The van der Waals surface area contributed by atoms with Gasteiger partial charge in [0.05, 0.1) is 29.9 Å². The third-order valence-corrected chi connectivity index (χ3v) is 8.98. The summed E-state index contributed by atoms with van der Waals surface area (Å²) < 4.78 is 29.6. The molecule has 1 saturated heterocycles. The van der Waals surface area contributed by atoms with E-state index in [1.165, 1.54) is 11.0 Å². The minimum Gasteiger partial charge on any atom is -0.465 e. The molecule has 2 aromatic heterocycles. The van der Waals surface area contributed by atoms with Crippen molar-refractivity contribution in [3.05, 3.63) is 48.0 Å². The number of likely N-dealkylation sites (tertiary alicyclic amines) is 1. The number of halogens is 1. The number of rotatable bonds is 10. The molecule has 1 aliphatic heterocycles. The van der Waals surface area contributed by atoms with Gasteiger partial charge in [-0.25, -0.2) is 9.18 Å². The lowest BCUT2D eigenvalue weighted by Crippen LogP contribution is -2.44. The second-order valence-electron chi connectivity index (χ2n) is 14.0. The topological polar surface area (TPSA) is 141 Å². The Morgan fingerprint density at radius 1 is 1.04 bits per heavy atom. The first-order valence-corrected chi connectivity index (χ1v) is 17.1. The summed E-state index contributed by atoms with van der Waals surface area (Å²) in [6.45, 7) is 7.70. The molecule has 2 aromatic carbocycles. The van der Waals surface area contributed by atoms with Crippen LogP contribution in [0.1, 0.15) is 65.0 Å². The van der Waals surface area contributed by atoms with Crippen LogP contribution < -0.4 is 5.32 Å². The summed E-state index contributed by atoms with van der Waals surface area (Å²) in [5.74, 6) is -1.78. The number of aryl methyl sites for hydroxylation is 1. The van der Waals surface area contributed by atoms with Crippen molar-refractivity contribution in [3.63, 3.8) is 0 Å². The van der Waals surface area contributed by atoms with Crippen LogP contribution in [0.25, 0.3) is 32.9 Å². The fraction of sp³-hybridized carbons (Fsp3) is 0.500. The van der Waals surface area contributed by atoms with Gasteiger partial charge in [-0.1, -0.05) is 12.1 Å². The standard InChI is InChI=1S/C36H44FN7O6/c1-6-49-32(47)18-38-30(45)20-43(24-10-11-24)31(46)21-44-29-9-7-8-25(26-17-28-23(16-27(26)37)19-41(5)39-28)33(29)34(40-44)22-12-14-42(15-13-22)35(48)50-36(2,3)4/h7-9,16-17,19,22,24H,6,10-15,18,20-21H2,1-5H3,(H,38,45). The Labute approximate surface area is 289 Å². The van der Waals surface area contributed by atoms with Gasteiger partial charge in [-0.3, -0.25) is 23.7 Å². The number of benzene rings is 2. The molecule has 50 heavy (non-hydrogen) atoms. The van der Waals surface area contributed by atoms with Gasteiger partial charge < -0.3 is 24.6 Å². The number of carbonyl (C=O) groups is 4. The number of piperidine rings is 1. The van der Waals surface area contributed by atoms with E-state index in [9.17, 15) is 19.2 Å². The largest absolute Gasteiger partial charge is 0.465 e. The third-order valence-electron chi connectivity index (χ3n) is 8.98. The first-order chi connectivity index (χ1) is 23.8. The number of hydrogen-bond acceptors (Lipinski definition) is 8. The number of amides is 3. The highest BCUT2D eigenvalue weighted by molar-refractivity contribution is 6.00. The van der Waals surface area contributed by atoms with Crippen LogP contribution in [0.2, 0.25) is 0 Å². The van der Waals surface area contributed by atoms with E-state index in [4.69, 9.17) is 14.6 Å². The minimum atomic E-state index is -0.612. The first-order valence-electron chi connectivity index (χ1n) is 17.1. The number of nitrogens with zero attached hydrogens (tertiary/aromatic N) is 6. The summed E-state index contributed by atoms with van der Waals surface area (Å²) in [6, 6.07) is 8.67. The van der Waals surface area contributed by atoms with Crippen LogP contribution in [-0.2, 0) is 37.4 Å². The SMILES string of the molecule is CCOC(=O)CNC(=O)CN(C(=O)Cn1nc(C2CCN(C(=O)OC(C)(C)C)CC2)c2c(-c3cc4nn(C)cc4cc3F)cccc21)C1CC1. The maximum Gasteiger partial charge on any atom is 0.410 e. The molecule has 6 rings (SSSR count). The highest BCUT2D eigenvalue weighted by Crippen LogP contribution is 2.40. The van der Waals surface area contributed by atoms with Gasteiger partial charge in [0.1, 0.15) is 24.5 Å². The van der Waals surface area contributed by atoms with Crippen LogP contribution in [0.3, 0.4) is 0 Å². The smallest absolute Gasteiger partial charge is 0.410 e. The number of fused-ring (bicyclic) bond motifs is 2. The number of hydrogen-bond donors (Lipinski definition) is 1. The van der Waals surface area contributed by atoms with Crippen LogP contribution >= 0.6 is 0 Å². The molecular formula is C36H44FN7O6. The van der Waals surface area contributed by atoms with Gasteiger partial charge in [0.25, 0.3) is 0 Å². The molecule has 266 valence electrons. The lowest BCUT2D eigenvalue weighted by atomic mass is 9.89. The van der Waals surface area contributed by atoms with Gasteiger partial charge in [0.2, 0.25) is 11.8 Å². The fourth-order valence-corrected chi connectivity index (χ4v) is 6.54. The Morgan fingerprint density at radius 3 is 2.46 bits per heavy atom. The first kappa shape index (κ1) is 34.8. The Morgan fingerprint density at radius 2 is 1.78 bits per heavy atom. The van der Waals surface area contributed by atoms with E-state index in [1.54, 1.807) is 40.5 Å². The zero-order chi connectivity index (χ0) is 35.7. The molecule has 14 heteroatoms. The summed E-state index contributed by atoms with van der Waals surface area (Å²) in [6.07, 6.45) is 4.15. The van der Waals surface area contributed by atoms with Crippen LogP contribution in [0.4, 0.5) is 9.18 Å². The molecule has 1 aliphatic carbocycles. The summed E-state index contributed by atoms with van der Waals surface area (Å²) >= 11 is 0. The van der Waals surface area contributed by atoms with E-state index in [0.29, 0.717) is 53.5 Å². The molecule has 2 aliphatic rings. The highest BCUT2D eigenvalue weighted by atomic mass is 19.1. The molecule has 0 bridgehead atoms. The second-order valence-corrected chi connectivity index (χ2v) is 14.0. The molecule has 2 fully saturated rings. The normalized spacial score (nSPS) is 15.4. The van der Waals surface area contributed by atoms with E-state index < -0.39 is 23.3 Å². The van der Waals surface area contributed by atoms with Crippen molar-refractivity contribution < 1.29 is 33.0 Å². The molecule has 0 spiro atoms. The quantitative estimate of drug-likeness (QED) is 0.240. The molecular weight excluding hydrogens is 645 g/mol. The molecule has 3 amide bonds. The molecule has 4 aromatic rings. The predicted octanol–water partition coefficient (Wildman–Crippen LogP) is 4.51. The second kappa shape index (κ2) is 14.1. The van der Waals surface area contributed by atoms with Gasteiger partial charge >= 0.3 is 12.1 Å². The fourth-order valence-electron chi connectivity index (χ4n) is 6.54. The lowest BCUT2D eigenvalue weighted by molar-refractivity contribution is -0.143. The number of carbonyl (C=O) groups excluding carboxylic acids is 4. The van der Waals surface area contributed by atoms with Crippen molar-refractivity contribution in [1.82, 2.24) is 34.7 Å². The molecule has 0 atom stereocenters. The van der Waals surface area contributed by atoms with Crippen molar-refractivity contribution >= 4 is 45.7 Å². The van der Waals surface area contributed by atoms with Crippen LogP contribution in [0, 0.1) is 5.82 Å². The minimum absolute atomic E-state index is 0.0796. The van der Waals surface area contributed by atoms with Crippen molar-refractivity contribution in [2.75, 3.05) is 32.8 Å². The highest BCUT2D eigenvalue weighted by Gasteiger charge is 2.35. The van der Waals surface area contributed by atoms with Gasteiger partial charge in [-0.05, 0) is 77.1 Å². The van der Waals surface area contributed by atoms with Crippen LogP contribution in [-0.4, -0.2) is 97.7 Å². The van der Waals surface area contributed by atoms with Crippen molar-refractivity contribution in [2.24, 2.45) is 7.05 Å². The van der Waals surface area contributed by atoms with Crippen molar-refractivity contribution in [2.45, 2.75) is 77.5 Å². The Hall–Kier alpha value is -5.01. The summed E-state index contributed by atoms with van der Waals surface area (Å²) in [7, 11) is 1.79. The van der Waals surface area contributed by atoms with E-state index in [2.05, 4.69) is 10.4 Å². The zero-order valence-corrected chi connectivity index (χ0v) is 29.2. The Bertz CT molecular complexity index is 1930. The number of nitrogens with one attached hydrogen (secondary N) is 1. The summed E-state index contributed by atoms with van der Waals surface area (Å²) in [4.78, 5) is 54.4. The maximum absolute atomic E-state index is 15.8. The molecule has 1 N–H and O–H groups in total. The maximum atomic E-state index is 15.8. The number of esters is 1. The van der Waals surface area contributed by atoms with Crippen molar-refractivity contribution in [3.8, 4) is 11.1 Å². The van der Waals surface area contributed by atoms with Crippen LogP contribution in [0.15, 0.2) is 36.5 Å². The van der Waals surface area contributed by atoms with E-state index in [-0.39, 0.29) is 50.2 Å². The molecule has 1 saturated carbocycles. The number of ether oxygens (including phenoxy) is 2. The van der Waals surface area contributed by atoms with E-state index in [1.807, 2.05) is 39.0 Å². The van der Waals surface area contributed by atoms with Gasteiger partial charge in [-0.15, -0.1) is 0 Å². The monoisotopic (exact) mass is 689 g/mol. The molecule has 3 heterocycles. The number of aromatic nitrogens is 4. The van der Waals surface area contributed by atoms with Gasteiger partial charge in [0, 0.05) is 54.6 Å². The Balaban J connectivity index is 1.33. The molecule has 0 unspecified atom stereocenters. The van der Waals surface area contributed by atoms with E-state index >= 15 is 4.39 Å². The predicted molar refractivity (Wildman–Crippen MR) is 184 cm³/mol.